The van der Waals surface area contributed by atoms with Gasteiger partial charge in [-0.1, -0.05) is 30.3 Å². The second-order valence-corrected chi connectivity index (χ2v) is 4.26. The number of aliphatic hydroxyl groups is 2. The Hall–Kier alpha value is -0.900. The summed E-state index contributed by atoms with van der Waals surface area (Å²) in [6.45, 7) is 2.79. The van der Waals surface area contributed by atoms with Gasteiger partial charge in [0.15, 0.2) is 0 Å². The lowest BCUT2D eigenvalue weighted by Crippen LogP contribution is -2.27. The Bertz CT molecular complexity index is 282. The Labute approximate surface area is 96.7 Å². The Balaban J connectivity index is 2.17. The summed E-state index contributed by atoms with van der Waals surface area (Å²) in [5, 5.41) is 18.5. The molecule has 0 aliphatic heterocycles. The van der Waals surface area contributed by atoms with Crippen molar-refractivity contribution in [3.05, 3.63) is 35.9 Å². The first kappa shape index (κ1) is 13.2. The number of hydrogen-bond acceptors (Lipinski definition) is 3. The van der Waals surface area contributed by atoms with Crippen molar-refractivity contribution in [1.82, 2.24) is 0 Å². The minimum Gasteiger partial charge on any atom is -0.396 e. The third kappa shape index (κ3) is 5.26. The van der Waals surface area contributed by atoms with Gasteiger partial charge in [0.2, 0.25) is 0 Å². The van der Waals surface area contributed by atoms with Crippen LogP contribution in [0.5, 0.6) is 0 Å². The van der Waals surface area contributed by atoms with Crippen molar-refractivity contribution in [2.75, 3.05) is 13.2 Å². The van der Waals surface area contributed by atoms with Gasteiger partial charge < -0.3 is 14.9 Å². The Morgan fingerprint density at radius 1 is 1.19 bits per heavy atom. The van der Waals surface area contributed by atoms with Crippen LogP contribution in [0.25, 0.3) is 0 Å². The van der Waals surface area contributed by atoms with E-state index in [1.165, 1.54) is 0 Å². The molecule has 1 atom stereocenters. The predicted octanol–water partition coefficient (Wildman–Crippen LogP) is 1.73. The van der Waals surface area contributed by atoms with Gasteiger partial charge in [0, 0.05) is 13.2 Å². The SMILES string of the molecule is CC(O)(CCO)CCOCc1ccccc1. The van der Waals surface area contributed by atoms with E-state index in [2.05, 4.69) is 0 Å². The molecule has 1 aromatic carbocycles. The van der Waals surface area contributed by atoms with Crippen LogP contribution in [0.1, 0.15) is 25.3 Å². The van der Waals surface area contributed by atoms with Gasteiger partial charge in [0.25, 0.3) is 0 Å². The molecule has 0 spiro atoms. The molecule has 1 rings (SSSR count). The smallest absolute Gasteiger partial charge is 0.0716 e. The zero-order valence-electron chi connectivity index (χ0n) is 9.72. The van der Waals surface area contributed by atoms with Crippen molar-refractivity contribution in [2.24, 2.45) is 0 Å². The average Bonchev–Trinajstić information content (AvgIpc) is 2.26. The third-order valence-electron chi connectivity index (χ3n) is 2.55. The van der Waals surface area contributed by atoms with E-state index < -0.39 is 5.60 Å². The van der Waals surface area contributed by atoms with E-state index in [0.717, 1.165) is 5.56 Å². The molecule has 0 saturated carbocycles. The average molecular weight is 224 g/mol. The van der Waals surface area contributed by atoms with E-state index in [4.69, 9.17) is 9.84 Å². The van der Waals surface area contributed by atoms with E-state index in [1.54, 1.807) is 6.92 Å². The molecule has 3 heteroatoms. The number of rotatable bonds is 7. The summed E-state index contributed by atoms with van der Waals surface area (Å²) in [5.41, 5.74) is 0.301. The van der Waals surface area contributed by atoms with Crippen LogP contribution in [0, 0.1) is 0 Å². The van der Waals surface area contributed by atoms with E-state index in [9.17, 15) is 5.11 Å². The van der Waals surface area contributed by atoms with E-state index in [1.807, 2.05) is 30.3 Å². The standard InChI is InChI=1S/C13H20O3/c1-13(15,7-9-14)8-10-16-11-12-5-3-2-4-6-12/h2-6,14-15H,7-11H2,1H3. The maximum atomic E-state index is 9.77. The van der Waals surface area contributed by atoms with Crippen LogP contribution in [0.15, 0.2) is 30.3 Å². The van der Waals surface area contributed by atoms with Crippen LogP contribution in [0.4, 0.5) is 0 Å². The van der Waals surface area contributed by atoms with Crippen molar-refractivity contribution in [3.8, 4) is 0 Å². The highest BCUT2D eigenvalue weighted by Crippen LogP contribution is 2.14. The van der Waals surface area contributed by atoms with Crippen LogP contribution in [-0.4, -0.2) is 29.0 Å². The zero-order valence-corrected chi connectivity index (χ0v) is 9.72. The first-order chi connectivity index (χ1) is 7.64. The lowest BCUT2D eigenvalue weighted by Gasteiger charge is -2.21. The second-order valence-electron chi connectivity index (χ2n) is 4.26. The highest BCUT2D eigenvalue weighted by Gasteiger charge is 2.18. The van der Waals surface area contributed by atoms with Gasteiger partial charge in [-0.3, -0.25) is 0 Å². The summed E-state index contributed by atoms with van der Waals surface area (Å²) < 4.78 is 5.46. The van der Waals surface area contributed by atoms with E-state index >= 15 is 0 Å². The van der Waals surface area contributed by atoms with Crippen LogP contribution >= 0.6 is 0 Å². The van der Waals surface area contributed by atoms with Crippen LogP contribution in [0.3, 0.4) is 0 Å². The van der Waals surface area contributed by atoms with Crippen molar-refractivity contribution >= 4 is 0 Å². The van der Waals surface area contributed by atoms with Crippen molar-refractivity contribution in [1.29, 1.82) is 0 Å². The second kappa shape index (κ2) is 6.63. The Morgan fingerprint density at radius 2 is 1.88 bits per heavy atom. The topological polar surface area (TPSA) is 49.7 Å². The summed E-state index contributed by atoms with van der Waals surface area (Å²) in [6, 6.07) is 9.93. The molecule has 0 amide bonds. The lowest BCUT2D eigenvalue weighted by molar-refractivity contribution is -0.00593. The minimum atomic E-state index is -0.828. The molecular weight excluding hydrogens is 204 g/mol. The van der Waals surface area contributed by atoms with Crippen molar-refractivity contribution in [2.45, 2.75) is 32.0 Å². The quantitative estimate of drug-likeness (QED) is 0.693. The molecule has 1 aromatic rings. The maximum Gasteiger partial charge on any atom is 0.0716 e. The fourth-order valence-corrected chi connectivity index (χ4v) is 1.42. The highest BCUT2D eigenvalue weighted by atomic mass is 16.5. The summed E-state index contributed by atoms with van der Waals surface area (Å²) >= 11 is 0. The number of ether oxygens (including phenoxy) is 1. The van der Waals surface area contributed by atoms with Gasteiger partial charge >= 0.3 is 0 Å². The predicted molar refractivity (Wildman–Crippen MR) is 63.0 cm³/mol. The third-order valence-corrected chi connectivity index (χ3v) is 2.55. The van der Waals surface area contributed by atoms with Crippen LogP contribution < -0.4 is 0 Å². The molecule has 0 fully saturated rings. The first-order valence-corrected chi connectivity index (χ1v) is 5.59. The Morgan fingerprint density at radius 3 is 2.50 bits per heavy atom. The summed E-state index contributed by atoms with van der Waals surface area (Å²) in [7, 11) is 0. The molecule has 0 aliphatic carbocycles. The molecule has 0 bridgehead atoms. The monoisotopic (exact) mass is 224 g/mol. The van der Waals surface area contributed by atoms with Crippen LogP contribution in [-0.2, 0) is 11.3 Å². The van der Waals surface area contributed by atoms with Crippen LogP contribution in [0.2, 0.25) is 0 Å². The highest BCUT2D eigenvalue weighted by molar-refractivity contribution is 5.13. The Kier molecular flexibility index (Phi) is 5.46. The number of aliphatic hydroxyl groups excluding tert-OH is 1. The summed E-state index contributed by atoms with van der Waals surface area (Å²) in [6.07, 6.45) is 0.933. The molecule has 16 heavy (non-hydrogen) atoms. The van der Waals surface area contributed by atoms with Crippen molar-refractivity contribution < 1.29 is 14.9 Å². The van der Waals surface area contributed by atoms with Gasteiger partial charge in [-0.15, -0.1) is 0 Å². The van der Waals surface area contributed by atoms with Gasteiger partial charge in [-0.25, -0.2) is 0 Å². The van der Waals surface area contributed by atoms with Gasteiger partial charge in [0.05, 0.1) is 12.2 Å². The number of benzene rings is 1. The molecule has 0 aromatic heterocycles. The molecule has 0 radical (unpaired) electrons. The van der Waals surface area contributed by atoms with Crippen molar-refractivity contribution in [3.63, 3.8) is 0 Å². The molecule has 0 saturated heterocycles. The normalized spacial score (nSPS) is 14.7. The van der Waals surface area contributed by atoms with Gasteiger partial charge in [-0.05, 0) is 25.3 Å². The number of hydrogen-bond donors (Lipinski definition) is 2. The fraction of sp³-hybridized carbons (Fsp3) is 0.538. The minimum absolute atomic E-state index is 0.00564. The molecule has 2 N–H and O–H groups in total. The summed E-state index contributed by atoms with van der Waals surface area (Å²) in [4.78, 5) is 0. The van der Waals surface area contributed by atoms with E-state index in [-0.39, 0.29) is 6.61 Å². The first-order valence-electron chi connectivity index (χ1n) is 5.59. The molecule has 0 heterocycles. The lowest BCUT2D eigenvalue weighted by atomic mass is 9.99. The molecule has 3 nitrogen and oxygen atoms in total. The maximum absolute atomic E-state index is 9.77. The largest absolute Gasteiger partial charge is 0.396 e. The zero-order chi connectivity index (χ0) is 11.9. The molecule has 90 valence electrons. The van der Waals surface area contributed by atoms with Gasteiger partial charge in [0.1, 0.15) is 0 Å². The molecular formula is C13H20O3. The van der Waals surface area contributed by atoms with Gasteiger partial charge in [-0.2, -0.15) is 0 Å². The molecule has 1 unspecified atom stereocenters. The molecule has 0 aliphatic rings. The van der Waals surface area contributed by atoms with E-state index in [0.29, 0.717) is 26.1 Å². The summed E-state index contributed by atoms with van der Waals surface area (Å²) in [5.74, 6) is 0. The fourth-order valence-electron chi connectivity index (χ4n) is 1.42.